The highest BCUT2D eigenvalue weighted by atomic mass is 16.2. The van der Waals surface area contributed by atoms with E-state index in [0.717, 1.165) is 13.0 Å². The number of likely N-dealkylation sites (tertiary alicyclic amines) is 1. The first-order valence-corrected chi connectivity index (χ1v) is 3.36. The van der Waals surface area contributed by atoms with Gasteiger partial charge in [0.2, 0.25) is 5.91 Å². The first-order valence-electron chi connectivity index (χ1n) is 3.36. The van der Waals surface area contributed by atoms with Gasteiger partial charge in [-0.3, -0.25) is 4.79 Å². The third kappa shape index (κ3) is 0.732. The Morgan fingerprint density at radius 2 is 2.33 bits per heavy atom. The zero-order valence-electron chi connectivity index (χ0n) is 6.27. The van der Waals surface area contributed by atoms with E-state index < -0.39 is 0 Å². The summed E-state index contributed by atoms with van der Waals surface area (Å²) in [7, 11) is 1.85. The first kappa shape index (κ1) is 6.59. The Kier molecular flexibility index (Phi) is 1.26. The third-order valence-electron chi connectivity index (χ3n) is 2.23. The molecule has 0 radical (unpaired) electrons. The summed E-state index contributed by atoms with van der Waals surface area (Å²) in [5.74, 6) is 0.296. The van der Waals surface area contributed by atoms with Gasteiger partial charge in [-0.1, -0.05) is 6.92 Å². The van der Waals surface area contributed by atoms with E-state index >= 15 is 0 Å². The van der Waals surface area contributed by atoms with Crippen LogP contribution in [0.15, 0.2) is 0 Å². The van der Waals surface area contributed by atoms with Crippen LogP contribution in [0.2, 0.25) is 0 Å². The molecule has 52 valence electrons. The van der Waals surface area contributed by atoms with Crippen molar-refractivity contribution in [3.05, 3.63) is 0 Å². The van der Waals surface area contributed by atoms with E-state index in [4.69, 9.17) is 0 Å². The van der Waals surface area contributed by atoms with Gasteiger partial charge >= 0.3 is 0 Å². The van der Waals surface area contributed by atoms with Crippen LogP contribution in [-0.4, -0.2) is 24.4 Å². The van der Waals surface area contributed by atoms with Crippen LogP contribution in [0.1, 0.15) is 20.3 Å². The number of nitrogens with zero attached hydrogens (tertiary/aromatic N) is 1. The van der Waals surface area contributed by atoms with E-state index in [9.17, 15) is 4.79 Å². The molecule has 1 heterocycles. The van der Waals surface area contributed by atoms with Gasteiger partial charge < -0.3 is 4.90 Å². The molecule has 1 rings (SSSR count). The monoisotopic (exact) mass is 127 g/mol. The zero-order chi connectivity index (χ0) is 7.07. The summed E-state index contributed by atoms with van der Waals surface area (Å²) in [6, 6.07) is 0. The largest absolute Gasteiger partial charge is 0.344 e. The number of carbonyl (C=O) groups is 1. The summed E-state index contributed by atoms with van der Waals surface area (Å²) >= 11 is 0. The number of hydrogen-bond donors (Lipinski definition) is 0. The summed E-state index contributed by atoms with van der Waals surface area (Å²) in [6.45, 7) is 5.02. The summed E-state index contributed by atoms with van der Waals surface area (Å²) in [5, 5.41) is 0. The van der Waals surface area contributed by atoms with Crippen LogP contribution in [0, 0.1) is 5.41 Å². The fourth-order valence-corrected chi connectivity index (χ4v) is 1.30. The lowest BCUT2D eigenvalue weighted by molar-refractivity contribution is -0.156. The quantitative estimate of drug-likeness (QED) is 0.479. The SMILES string of the molecule is CCC1(C)CN(C)C1=O. The normalized spacial score (nSPS) is 34.6. The van der Waals surface area contributed by atoms with Crippen molar-refractivity contribution in [2.45, 2.75) is 20.3 Å². The van der Waals surface area contributed by atoms with Gasteiger partial charge in [0.15, 0.2) is 0 Å². The maximum absolute atomic E-state index is 11.0. The Balaban J connectivity index is 2.59. The van der Waals surface area contributed by atoms with Crippen LogP contribution in [0.25, 0.3) is 0 Å². The summed E-state index contributed by atoms with van der Waals surface area (Å²) in [6.07, 6.45) is 0.968. The first-order chi connectivity index (χ1) is 4.10. The van der Waals surface area contributed by atoms with E-state index in [1.807, 2.05) is 14.0 Å². The molecule has 0 aliphatic carbocycles. The summed E-state index contributed by atoms with van der Waals surface area (Å²) < 4.78 is 0. The van der Waals surface area contributed by atoms with Crippen LogP contribution in [0.4, 0.5) is 0 Å². The second kappa shape index (κ2) is 1.72. The minimum Gasteiger partial charge on any atom is -0.344 e. The average Bonchev–Trinajstić information content (AvgIpc) is 1.87. The minimum atomic E-state index is -0.0191. The molecule has 9 heavy (non-hydrogen) atoms. The molecule has 0 bridgehead atoms. The second-order valence-electron chi connectivity index (χ2n) is 3.08. The lowest BCUT2D eigenvalue weighted by Crippen LogP contribution is -2.57. The van der Waals surface area contributed by atoms with Gasteiger partial charge in [0.25, 0.3) is 0 Å². The molecule has 2 nitrogen and oxygen atoms in total. The van der Waals surface area contributed by atoms with Crippen molar-refractivity contribution in [2.24, 2.45) is 5.41 Å². The predicted octanol–water partition coefficient (Wildman–Crippen LogP) is 0.875. The molecule has 1 amide bonds. The fraction of sp³-hybridized carbons (Fsp3) is 0.857. The van der Waals surface area contributed by atoms with Gasteiger partial charge in [0.05, 0.1) is 5.41 Å². The van der Waals surface area contributed by atoms with E-state index in [0.29, 0.717) is 5.91 Å². The molecule has 0 saturated carbocycles. The Morgan fingerprint density at radius 3 is 2.44 bits per heavy atom. The molecule has 2 heteroatoms. The van der Waals surface area contributed by atoms with Crippen LogP contribution < -0.4 is 0 Å². The van der Waals surface area contributed by atoms with Crippen molar-refractivity contribution in [1.82, 2.24) is 4.90 Å². The van der Waals surface area contributed by atoms with E-state index in [-0.39, 0.29) is 5.41 Å². The average molecular weight is 127 g/mol. The standard InChI is InChI=1S/C7H13NO/c1-4-7(2)5-8(3)6(7)9/h4-5H2,1-3H3. The molecule has 0 spiro atoms. The van der Waals surface area contributed by atoms with E-state index in [1.165, 1.54) is 0 Å². The summed E-state index contributed by atoms with van der Waals surface area (Å²) in [4.78, 5) is 12.8. The molecule has 1 atom stereocenters. The van der Waals surface area contributed by atoms with Crippen LogP contribution >= 0.6 is 0 Å². The second-order valence-corrected chi connectivity index (χ2v) is 3.08. The maximum Gasteiger partial charge on any atom is 0.230 e. The molecule has 0 N–H and O–H groups in total. The number of hydrogen-bond acceptors (Lipinski definition) is 1. The van der Waals surface area contributed by atoms with Gasteiger partial charge in [0, 0.05) is 13.6 Å². The molecule has 1 unspecified atom stereocenters. The molecule has 1 saturated heterocycles. The highest BCUT2D eigenvalue weighted by Crippen LogP contribution is 2.32. The van der Waals surface area contributed by atoms with Crippen molar-refractivity contribution in [3.63, 3.8) is 0 Å². The predicted molar refractivity (Wildman–Crippen MR) is 36.0 cm³/mol. The lowest BCUT2D eigenvalue weighted by Gasteiger charge is -2.44. The van der Waals surface area contributed by atoms with E-state index in [1.54, 1.807) is 4.90 Å². The Hall–Kier alpha value is -0.530. The van der Waals surface area contributed by atoms with Crippen molar-refractivity contribution in [3.8, 4) is 0 Å². The third-order valence-corrected chi connectivity index (χ3v) is 2.23. The van der Waals surface area contributed by atoms with Gasteiger partial charge in [-0.15, -0.1) is 0 Å². The van der Waals surface area contributed by atoms with Gasteiger partial charge in [-0.2, -0.15) is 0 Å². The van der Waals surface area contributed by atoms with Crippen molar-refractivity contribution >= 4 is 5.91 Å². The van der Waals surface area contributed by atoms with Gasteiger partial charge in [0.1, 0.15) is 0 Å². The lowest BCUT2D eigenvalue weighted by atomic mass is 9.79. The number of β-lactam (4-membered cyclic amide) rings is 1. The summed E-state index contributed by atoms with van der Waals surface area (Å²) in [5.41, 5.74) is -0.0191. The molecule has 1 fully saturated rings. The smallest absolute Gasteiger partial charge is 0.230 e. The number of amides is 1. The zero-order valence-corrected chi connectivity index (χ0v) is 6.27. The molecular weight excluding hydrogens is 114 g/mol. The van der Waals surface area contributed by atoms with E-state index in [2.05, 4.69) is 6.92 Å². The van der Waals surface area contributed by atoms with Crippen molar-refractivity contribution in [2.75, 3.05) is 13.6 Å². The number of carbonyl (C=O) groups excluding carboxylic acids is 1. The highest BCUT2D eigenvalue weighted by molar-refractivity contribution is 5.87. The molecule has 0 aromatic rings. The maximum atomic E-state index is 11.0. The molecule has 0 aromatic carbocycles. The van der Waals surface area contributed by atoms with Crippen LogP contribution in [0.3, 0.4) is 0 Å². The minimum absolute atomic E-state index is 0.0191. The van der Waals surface area contributed by atoms with Crippen molar-refractivity contribution < 1.29 is 4.79 Å². The molecule has 1 aliphatic heterocycles. The molecule has 0 aromatic heterocycles. The van der Waals surface area contributed by atoms with Crippen LogP contribution in [-0.2, 0) is 4.79 Å². The Bertz CT molecular complexity index is 144. The Labute approximate surface area is 55.8 Å². The molecule has 1 aliphatic rings. The molecular formula is C7H13NO. The van der Waals surface area contributed by atoms with Crippen LogP contribution in [0.5, 0.6) is 0 Å². The topological polar surface area (TPSA) is 20.3 Å². The van der Waals surface area contributed by atoms with Gasteiger partial charge in [-0.05, 0) is 13.3 Å². The highest BCUT2D eigenvalue weighted by Gasteiger charge is 2.44. The number of rotatable bonds is 1. The fourth-order valence-electron chi connectivity index (χ4n) is 1.30. The van der Waals surface area contributed by atoms with Gasteiger partial charge in [-0.25, -0.2) is 0 Å². The van der Waals surface area contributed by atoms with Crippen molar-refractivity contribution in [1.29, 1.82) is 0 Å². The Morgan fingerprint density at radius 1 is 1.78 bits per heavy atom.